The number of nitrogens with zero attached hydrogens (tertiary/aromatic N) is 4. The molecule has 1 fully saturated rings. The van der Waals surface area contributed by atoms with Crippen molar-refractivity contribution in [2.24, 2.45) is 7.05 Å². The second-order valence-electron chi connectivity index (χ2n) is 7.03. The largest absolute Gasteiger partial charge is 0.307 e. The first-order valence-corrected chi connectivity index (χ1v) is 9.53. The van der Waals surface area contributed by atoms with E-state index in [0.717, 1.165) is 49.4 Å². The van der Waals surface area contributed by atoms with Crippen LogP contribution in [0.25, 0.3) is 11.4 Å². The lowest BCUT2D eigenvalue weighted by Crippen LogP contribution is -2.33. The van der Waals surface area contributed by atoms with E-state index < -0.39 is 0 Å². The average molecular weight is 384 g/mol. The summed E-state index contributed by atoms with van der Waals surface area (Å²) in [6, 6.07) is 11.4. The Kier molecular flexibility index (Phi) is 5.09. The number of hydrogen-bond acceptors (Lipinski definition) is 4. The molecule has 1 saturated heterocycles. The second kappa shape index (κ2) is 7.66. The fraction of sp³-hybridized carbons (Fsp3) is 0.350. The van der Waals surface area contributed by atoms with Crippen molar-refractivity contribution in [3.05, 3.63) is 69.4 Å². The number of rotatable bonds is 4. The molecule has 1 aromatic carbocycles. The second-order valence-corrected chi connectivity index (χ2v) is 7.44. The summed E-state index contributed by atoms with van der Waals surface area (Å²) in [5, 5.41) is 5.14. The molecule has 27 heavy (non-hydrogen) atoms. The first-order valence-electron chi connectivity index (χ1n) is 9.15. The van der Waals surface area contributed by atoms with Gasteiger partial charge in [-0.3, -0.25) is 14.4 Å². The molecule has 4 rings (SSSR count). The Bertz CT molecular complexity index is 974. The fourth-order valence-electron chi connectivity index (χ4n) is 3.63. The molecule has 6 nitrogen and oxygen atoms in total. The summed E-state index contributed by atoms with van der Waals surface area (Å²) in [5.74, 6) is 0.936. The van der Waals surface area contributed by atoms with Gasteiger partial charge in [-0.05, 0) is 25.9 Å². The minimum absolute atomic E-state index is 0.0958. The van der Waals surface area contributed by atoms with Gasteiger partial charge in [0.2, 0.25) is 0 Å². The van der Waals surface area contributed by atoms with E-state index in [0.29, 0.717) is 16.8 Å². The topological polar surface area (TPSA) is 66.8 Å². The van der Waals surface area contributed by atoms with E-state index in [4.69, 9.17) is 16.6 Å². The Hall–Kier alpha value is -2.44. The highest BCUT2D eigenvalue weighted by atomic mass is 35.5. The van der Waals surface area contributed by atoms with Gasteiger partial charge in [-0.25, -0.2) is 4.98 Å². The first-order chi connectivity index (χ1) is 13.1. The normalized spacial score (nSPS) is 15.9. The summed E-state index contributed by atoms with van der Waals surface area (Å²) in [7, 11) is 1.88. The zero-order valence-electron chi connectivity index (χ0n) is 15.2. The minimum Gasteiger partial charge on any atom is -0.307 e. The lowest BCUT2D eigenvalue weighted by molar-refractivity contribution is 0.201. The standard InChI is InChI=1S/C20H22ClN5O/c1-25-12-16(21)18(24-25)13-26-9-7-14(8-10-26)17-11-19(27)23-20(22-17)15-5-3-2-4-6-15/h2-6,11-12,14H,7-10,13H2,1H3,(H,22,23,27). The number of piperidine rings is 1. The van der Waals surface area contributed by atoms with Crippen molar-refractivity contribution >= 4 is 11.6 Å². The van der Waals surface area contributed by atoms with Crippen LogP contribution in [0.15, 0.2) is 47.4 Å². The molecule has 7 heteroatoms. The van der Waals surface area contributed by atoms with Crippen molar-refractivity contribution in [3.63, 3.8) is 0 Å². The molecule has 0 bridgehead atoms. The number of halogens is 1. The molecular weight excluding hydrogens is 362 g/mol. The van der Waals surface area contributed by atoms with Gasteiger partial charge < -0.3 is 4.98 Å². The van der Waals surface area contributed by atoms with Crippen LogP contribution in [-0.2, 0) is 13.6 Å². The van der Waals surface area contributed by atoms with E-state index in [1.807, 2.05) is 43.6 Å². The molecule has 3 heterocycles. The maximum absolute atomic E-state index is 12.1. The highest BCUT2D eigenvalue weighted by Gasteiger charge is 2.23. The lowest BCUT2D eigenvalue weighted by atomic mass is 9.93. The Balaban J connectivity index is 1.46. The van der Waals surface area contributed by atoms with Gasteiger partial charge in [0.25, 0.3) is 5.56 Å². The summed E-state index contributed by atoms with van der Waals surface area (Å²) < 4.78 is 1.75. The zero-order valence-corrected chi connectivity index (χ0v) is 16.0. The lowest BCUT2D eigenvalue weighted by Gasteiger charge is -2.31. The van der Waals surface area contributed by atoms with Crippen molar-refractivity contribution in [2.75, 3.05) is 13.1 Å². The third-order valence-corrected chi connectivity index (χ3v) is 5.36. The zero-order chi connectivity index (χ0) is 18.8. The summed E-state index contributed by atoms with van der Waals surface area (Å²) in [5.41, 5.74) is 2.63. The molecule has 1 aliphatic heterocycles. The highest BCUT2D eigenvalue weighted by Crippen LogP contribution is 2.28. The van der Waals surface area contributed by atoms with Gasteiger partial charge in [0, 0.05) is 37.3 Å². The van der Waals surface area contributed by atoms with Gasteiger partial charge in [0.15, 0.2) is 0 Å². The summed E-state index contributed by atoms with van der Waals surface area (Å²) >= 11 is 6.22. The fourth-order valence-corrected chi connectivity index (χ4v) is 3.87. The number of aromatic nitrogens is 4. The van der Waals surface area contributed by atoms with E-state index >= 15 is 0 Å². The summed E-state index contributed by atoms with van der Waals surface area (Å²) in [4.78, 5) is 22.1. The molecule has 0 spiro atoms. The Morgan fingerprint density at radius 3 is 2.63 bits per heavy atom. The van der Waals surface area contributed by atoms with Crippen molar-refractivity contribution in [3.8, 4) is 11.4 Å². The molecule has 3 aromatic rings. The van der Waals surface area contributed by atoms with Crippen molar-refractivity contribution in [1.29, 1.82) is 0 Å². The molecule has 0 atom stereocenters. The van der Waals surface area contributed by atoms with Gasteiger partial charge >= 0.3 is 0 Å². The molecule has 0 amide bonds. The molecule has 2 aromatic heterocycles. The molecule has 0 saturated carbocycles. The Labute approximate surface area is 162 Å². The van der Waals surface area contributed by atoms with Crippen LogP contribution in [0.4, 0.5) is 0 Å². The van der Waals surface area contributed by atoms with E-state index in [-0.39, 0.29) is 5.56 Å². The number of aryl methyl sites for hydroxylation is 1. The van der Waals surface area contributed by atoms with Crippen LogP contribution in [0, 0.1) is 0 Å². The molecule has 0 aliphatic carbocycles. The number of H-pyrrole nitrogens is 1. The average Bonchev–Trinajstić information content (AvgIpc) is 2.99. The van der Waals surface area contributed by atoms with E-state index in [9.17, 15) is 4.79 Å². The number of hydrogen-bond donors (Lipinski definition) is 1. The van der Waals surface area contributed by atoms with Crippen LogP contribution in [-0.4, -0.2) is 37.7 Å². The quantitative estimate of drug-likeness (QED) is 0.751. The van der Waals surface area contributed by atoms with Gasteiger partial charge in [-0.15, -0.1) is 0 Å². The first kappa shape index (κ1) is 17.9. The van der Waals surface area contributed by atoms with Crippen LogP contribution in [0.1, 0.15) is 30.1 Å². The number of benzene rings is 1. The van der Waals surface area contributed by atoms with E-state index in [1.54, 1.807) is 10.7 Å². The Morgan fingerprint density at radius 1 is 1.22 bits per heavy atom. The Morgan fingerprint density at radius 2 is 1.96 bits per heavy atom. The van der Waals surface area contributed by atoms with Gasteiger partial charge in [-0.2, -0.15) is 5.10 Å². The third kappa shape index (κ3) is 4.12. The summed E-state index contributed by atoms with van der Waals surface area (Å²) in [6.45, 7) is 2.63. The van der Waals surface area contributed by atoms with Crippen LogP contribution in [0.5, 0.6) is 0 Å². The monoisotopic (exact) mass is 383 g/mol. The maximum Gasteiger partial charge on any atom is 0.251 e. The smallest absolute Gasteiger partial charge is 0.251 e. The predicted octanol–water partition coefficient (Wildman–Crippen LogP) is 3.20. The van der Waals surface area contributed by atoms with E-state index in [2.05, 4.69) is 15.0 Å². The maximum atomic E-state index is 12.1. The minimum atomic E-state index is -0.0958. The molecule has 140 valence electrons. The molecule has 1 N–H and O–H groups in total. The van der Waals surface area contributed by atoms with Crippen LogP contribution >= 0.6 is 11.6 Å². The number of likely N-dealkylation sites (tertiary alicyclic amines) is 1. The van der Waals surface area contributed by atoms with Crippen LogP contribution in [0.3, 0.4) is 0 Å². The highest BCUT2D eigenvalue weighted by molar-refractivity contribution is 6.31. The number of aromatic amines is 1. The van der Waals surface area contributed by atoms with Gasteiger partial charge in [0.1, 0.15) is 5.82 Å². The van der Waals surface area contributed by atoms with Crippen LogP contribution in [0.2, 0.25) is 5.02 Å². The van der Waals surface area contributed by atoms with Gasteiger partial charge in [0.05, 0.1) is 16.4 Å². The van der Waals surface area contributed by atoms with Crippen molar-refractivity contribution in [1.82, 2.24) is 24.6 Å². The number of nitrogens with one attached hydrogen (secondary N) is 1. The molecular formula is C20H22ClN5O. The summed E-state index contributed by atoms with van der Waals surface area (Å²) in [6.07, 6.45) is 3.76. The van der Waals surface area contributed by atoms with E-state index in [1.165, 1.54) is 0 Å². The predicted molar refractivity (Wildman–Crippen MR) is 106 cm³/mol. The molecule has 0 unspecified atom stereocenters. The molecule has 1 aliphatic rings. The molecule has 0 radical (unpaired) electrons. The van der Waals surface area contributed by atoms with Crippen LogP contribution < -0.4 is 5.56 Å². The SMILES string of the molecule is Cn1cc(Cl)c(CN2CCC(c3cc(=O)[nH]c(-c4ccccc4)n3)CC2)n1. The van der Waals surface area contributed by atoms with Gasteiger partial charge in [-0.1, -0.05) is 41.9 Å². The van der Waals surface area contributed by atoms with Crippen molar-refractivity contribution in [2.45, 2.75) is 25.3 Å². The third-order valence-electron chi connectivity index (χ3n) is 5.04. The van der Waals surface area contributed by atoms with Crippen molar-refractivity contribution < 1.29 is 0 Å².